The van der Waals surface area contributed by atoms with E-state index in [0.717, 1.165) is 0 Å². The summed E-state index contributed by atoms with van der Waals surface area (Å²) in [5, 5.41) is 0. The Morgan fingerprint density at radius 2 is 0.600 bits per heavy atom. The normalized spacial score (nSPS) is 15.7. The van der Waals surface area contributed by atoms with Gasteiger partial charge in [-0.25, -0.2) is 0 Å². The van der Waals surface area contributed by atoms with E-state index in [0.29, 0.717) is 0 Å². The van der Waals surface area contributed by atoms with Gasteiger partial charge < -0.3 is 0 Å². The molecule has 0 N–H and O–H groups in total. The van der Waals surface area contributed by atoms with E-state index in [1.54, 1.807) is 0 Å². The molecular weight excluding hydrogens is 661 g/mol. The van der Waals surface area contributed by atoms with Crippen molar-refractivity contribution in [2.75, 3.05) is 0 Å². The third kappa shape index (κ3) is 4.23. The van der Waals surface area contributed by atoms with Crippen molar-refractivity contribution in [2.45, 2.75) is 43.9 Å². The zero-order chi connectivity index (χ0) is 37.1. The van der Waals surface area contributed by atoms with Crippen LogP contribution in [-0.2, 0) is 16.2 Å². The fourth-order valence-electron chi connectivity index (χ4n) is 10.9. The Hall–Kier alpha value is -6.24. The average molecular weight is 703 g/mol. The lowest BCUT2D eigenvalue weighted by Gasteiger charge is -2.34. The summed E-state index contributed by atoms with van der Waals surface area (Å²) >= 11 is 0. The summed E-state index contributed by atoms with van der Waals surface area (Å²) in [5.41, 5.74) is 23.3. The van der Waals surface area contributed by atoms with Gasteiger partial charge in [-0.3, -0.25) is 0 Å². The molecule has 0 amide bonds. The summed E-state index contributed by atoms with van der Waals surface area (Å²) in [5.74, 6) is 0. The predicted molar refractivity (Wildman–Crippen MR) is 230 cm³/mol. The van der Waals surface area contributed by atoms with Gasteiger partial charge in [0.15, 0.2) is 0 Å². The molecule has 0 atom stereocenters. The Labute approximate surface area is 324 Å². The van der Waals surface area contributed by atoms with Crippen molar-refractivity contribution in [1.29, 1.82) is 0 Å². The zero-order valence-electron chi connectivity index (χ0n) is 31.8. The van der Waals surface area contributed by atoms with Crippen LogP contribution >= 0.6 is 0 Å². The molecule has 262 valence electrons. The quantitative estimate of drug-likeness (QED) is 0.171. The number of rotatable bonds is 4. The highest BCUT2D eigenvalue weighted by Gasteiger charge is 2.46. The Kier molecular flexibility index (Phi) is 6.67. The summed E-state index contributed by atoms with van der Waals surface area (Å²) in [6, 6.07) is 68.9. The molecule has 0 heteroatoms. The highest BCUT2D eigenvalue weighted by atomic mass is 14.5. The number of benzene rings is 8. The largest absolute Gasteiger partial charge is 0.0713 e. The molecule has 0 heterocycles. The summed E-state index contributed by atoms with van der Waals surface area (Å²) < 4.78 is 0. The number of hydrogen-bond donors (Lipinski definition) is 0. The highest BCUT2D eigenvalue weighted by Crippen LogP contribution is 2.58. The van der Waals surface area contributed by atoms with Crippen molar-refractivity contribution in [3.8, 4) is 55.6 Å². The van der Waals surface area contributed by atoms with Crippen molar-refractivity contribution in [1.82, 2.24) is 0 Å². The lowest BCUT2D eigenvalue weighted by Crippen LogP contribution is -2.28. The van der Waals surface area contributed by atoms with Crippen LogP contribution in [0.15, 0.2) is 182 Å². The minimum absolute atomic E-state index is 0.0577. The first-order valence-electron chi connectivity index (χ1n) is 19.7. The van der Waals surface area contributed by atoms with E-state index in [1.807, 2.05) is 0 Å². The fraction of sp³-hybridized carbons (Fsp3) is 0.127. The molecule has 3 aliphatic carbocycles. The lowest BCUT2D eigenvalue weighted by molar-refractivity contribution is 0.660. The van der Waals surface area contributed by atoms with Crippen LogP contribution in [0.2, 0.25) is 0 Å². The van der Waals surface area contributed by atoms with Gasteiger partial charge in [0, 0.05) is 10.8 Å². The highest BCUT2D eigenvalue weighted by molar-refractivity contribution is 5.95. The maximum atomic E-state index is 2.49. The molecule has 0 unspecified atom stereocenters. The van der Waals surface area contributed by atoms with Gasteiger partial charge in [-0.15, -0.1) is 0 Å². The molecule has 0 saturated heterocycles. The average Bonchev–Trinajstić information content (AvgIpc) is 3.76. The topological polar surface area (TPSA) is 0 Å². The number of hydrogen-bond acceptors (Lipinski definition) is 0. The van der Waals surface area contributed by atoms with Crippen molar-refractivity contribution in [3.05, 3.63) is 226 Å². The monoisotopic (exact) mass is 702 g/mol. The van der Waals surface area contributed by atoms with Crippen LogP contribution in [0, 0.1) is 0 Å². The first-order valence-corrected chi connectivity index (χ1v) is 19.7. The molecule has 0 saturated carbocycles. The van der Waals surface area contributed by atoms with Gasteiger partial charge in [0.25, 0.3) is 0 Å². The standard InChI is InChI=1S/C55H42/c1-53(2)45-27-9-7-23-43(45)51-39(25-15-31-49(51)53)35-17-13-19-37(33-35)55(47-29-11-5-21-41(47)42-22-6-12-30-48(42)55)38-20-14-18-36(34-38)40-26-16-32-50-52(40)44-24-8-10-28-46(44)54(50,3)4/h5-34H,1-4H3. The van der Waals surface area contributed by atoms with Gasteiger partial charge >= 0.3 is 0 Å². The molecular formula is C55H42. The molecule has 0 nitrogen and oxygen atoms in total. The second kappa shape index (κ2) is 11.4. The second-order valence-electron chi connectivity index (χ2n) is 16.8. The van der Waals surface area contributed by atoms with Gasteiger partial charge in [0.1, 0.15) is 0 Å². The maximum absolute atomic E-state index is 2.49. The van der Waals surface area contributed by atoms with Gasteiger partial charge in [-0.2, -0.15) is 0 Å². The molecule has 3 aliphatic rings. The van der Waals surface area contributed by atoms with Crippen molar-refractivity contribution in [2.24, 2.45) is 0 Å². The minimum Gasteiger partial charge on any atom is -0.0619 e. The summed E-state index contributed by atoms with van der Waals surface area (Å²) in [6.45, 7) is 9.48. The molecule has 0 fully saturated rings. The van der Waals surface area contributed by atoms with Crippen LogP contribution in [0.5, 0.6) is 0 Å². The van der Waals surface area contributed by atoms with Gasteiger partial charge in [0.2, 0.25) is 0 Å². The van der Waals surface area contributed by atoms with E-state index in [9.17, 15) is 0 Å². The molecule has 0 spiro atoms. The Bertz CT molecular complexity index is 2680. The summed E-state index contributed by atoms with van der Waals surface area (Å²) in [6.07, 6.45) is 0. The van der Waals surface area contributed by atoms with E-state index in [-0.39, 0.29) is 10.8 Å². The first-order chi connectivity index (χ1) is 26.8. The lowest BCUT2D eigenvalue weighted by atomic mass is 9.67. The van der Waals surface area contributed by atoms with E-state index in [4.69, 9.17) is 0 Å². The molecule has 11 rings (SSSR count). The van der Waals surface area contributed by atoms with Crippen LogP contribution in [0.25, 0.3) is 55.6 Å². The first kappa shape index (κ1) is 32.2. The molecule has 0 bridgehead atoms. The Balaban J connectivity index is 1.17. The van der Waals surface area contributed by atoms with Crippen LogP contribution in [0.3, 0.4) is 0 Å². The number of fused-ring (bicyclic) bond motifs is 9. The van der Waals surface area contributed by atoms with E-state index >= 15 is 0 Å². The van der Waals surface area contributed by atoms with Crippen molar-refractivity contribution >= 4 is 0 Å². The van der Waals surface area contributed by atoms with Crippen LogP contribution in [0.4, 0.5) is 0 Å². The molecule has 0 radical (unpaired) electrons. The smallest absolute Gasteiger partial charge is 0.0619 e. The molecule has 0 aromatic heterocycles. The zero-order valence-corrected chi connectivity index (χ0v) is 31.8. The van der Waals surface area contributed by atoms with Crippen LogP contribution in [-0.4, -0.2) is 0 Å². The van der Waals surface area contributed by atoms with Gasteiger partial charge in [-0.05, 0) is 112 Å². The second-order valence-corrected chi connectivity index (χ2v) is 16.8. The third-order valence-electron chi connectivity index (χ3n) is 13.4. The molecule has 8 aromatic rings. The third-order valence-corrected chi connectivity index (χ3v) is 13.4. The SMILES string of the molecule is CC1(C)c2ccccc2-c2c(-c3cccc(C4(c5cccc(-c6cccc7c6-c6ccccc6C7(C)C)c5)c5ccccc5-c5ccccc54)c3)cccc21. The van der Waals surface area contributed by atoms with E-state index in [1.165, 1.54) is 100 Å². The van der Waals surface area contributed by atoms with Crippen molar-refractivity contribution in [3.63, 3.8) is 0 Å². The van der Waals surface area contributed by atoms with Gasteiger partial charge in [0.05, 0.1) is 5.41 Å². The molecule has 0 aliphatic heterocycles. The van der Waals surface area contributed by atoms with E-state index in [2.05, 4.69) is 210 Å². The van der Waals surface area contributed by atoms with E-state index < -0.39 is 5.41 Å². The minimum atomic E-state index is -0.524. The molecule has 55 heavy (non-hydrogen) atoms. The van der Waals surface area contributed by atoms with Crippen LogP contribution in [0.1, 0.15) is 72.2 Å². The predicted octanol–water partition coefficient (Wildman–Crippen LogP) is 14.0. The molecule has 8 aromatic carbocycles. The van der Waals surface area contributed by atoms with Crippen LogP contribution < -0.4 is 0 Å². The maximum Gasteiger partial charge on any atom is 0.0713 e. The van der Waals surface area contributed by atoms with Gasteiger partial charge in [-0.1, -0.05) is 198 Å². The Morgan fingerprint density at radius 1 is 0.273 bits per heavy atom. The fourth-order valence-corrected chi connectivity index (χ4v) is 10.9. The summed E-state index contributed by atoms with van der Waals surface area (Å²) in [7, 11) is 0. The Morgan fingerprint density at radius 3 is 1.04 bits per heavy atom. The van der Waals surface area contributed by atoms with Crippen molar-refractivity contribution < 1.29 is 0 Å². The summed E-state index contributed by atoms with van der Waals surface area (Å²) in [4.78, 5) is 0.